The average molecular weight is 367 g/mol. The van der Waals surface area contributed by atoms with E-state index >= 15 is 0 Å². The highest BCUT2D eigenvalue weighted by Gasteiger charge is 2.44. The van der Waals surface area contributed by atoms with Crippen molar-refractivity contribution in [3.8, 4) is 6.01 Å². The number of anilines is 1. The molecule has 1 fully saturated rings. The van der Waals surface area contributed by atoms with E-state index in [1.54, 1.807) is 0 Å². The molecule has 0 radical (unpaired) electrons. The molecule has 2 aromatic rings. The number of nitrogen functional groups attached to an aromatic ring is 1. The van der Waals surface area contributed by atoms with Gasteiger partial charge in [0.05, 0.1) is 19.5 Å². The summed E-state index contributed by atoms with van der Waals surface area (Å²) in [5.41, 5.74) is 6.63. The first-order valence-electron chi connectivity index (χ1n) is 8.75. The lowest BCUT2D eigenvalue weighted by Crippen LogP contribution is -2.33. The number of imidazole rings is 1. The fourth-order valence-electron chi connectivity index (χ4n) is 2.99. The van der Waals surface area contributed by atoms with Crippen molar-refractivity contribution in [2.75, 3.05) is 18.9 Å². The van der Waals surface area contributed by atoms with Gasteiger partial charge >= 0.3 is 6.01 Å². The van der Waals surface area contributed by atoms with Crippen LogP contribution >= 0.6 is 0 Å². The maximum Gasteiger partial charge on any atom is 0.320 e. The summed E-state index contributed by atoms with van der Waals surface area (Å²) in [4.78, 5) is 12.6. The minimum atomic E-state index is -1.24. The van der Waals surface area contributed by atoms with Gasteiger partial charge in [-0.15, -0.1) is 0 Å². The van der Waals surface area contributed by atoms with Crippen molar-refractivity contribution < 1.29 is 24.8 Å². The molecular weight excluding hydrogens is 342 g/mol. The molecule has 0 unspecified atom stereocenters. The number of aliphatic hydroxyl groups excluding tert-OH is 3. The van der Waals surface area contributed by atoms with E-state index in [1.165, 1.54) is 10.9 Å². The molecule has 144 valence electrons. The van der Waals surface area contributed by atoms with Crippen LogP contribution in [-0.4, -0.2) is 66.4 Å². The third-order valence-corrected chi connectivity index (χ3v) is 4.82. The predicted molar refractivity (Wildman–Crippen MR) is 92.3 cm³/mol. The molecule has 3 rings (SSSR count). The van der Waals surface area contributed by atoms with E-state index < -0.39 is 31.1 Å². The highest BCUT2D eigenvalue weighted by atomic mass is 16.6. The maximum absolute atomic E-state index is 10.2. The van der Waals surface area contributed by atoms with Crippen LogP contribution in [0.15, 0.2) is 6.33 Å². The van der Waals surface area contributed by atoms with Crippen LogP contribution in [0.2, 0.25) is 0 Å². The number of nitrogens with two attached hydrogens (primary N) is 1. The first-order valence-corrected chi connectivity index (χ1v) is 8.75. The van der Waals surface area contributed by atoms with Crippen LogP contribution in [0.3, 0.4) is 0 Å². The minimum Gasteiger partial charge on any atom is -0.463 e. The van der Waals surface area contributed by atoms with Gasteiger partial charge in [-0.3, -0.25) is 4.57 Å². The summed E-state index contributed by atoms with van der Waals surface area (Å²) in [7, 11) is 0. The van der Waals surface area contributed by atoms with Crippen LogP contribution in [0, 0.1) is 5.92 Å². The molecule has 3 heterocycles. The molecule has 4 atom stereocenters. The van der Waals surface area contributed by atoms with Gasteiger partial charge in [0, 0.05) is 0 Å². The van der Waals surface area contributed by atoms with E-state index in [2.05, 4.69) is 28.8 Å². The number of aromatic nitrogens is 4. The van der Waals surface area contributed by atoms with Gasteiger partial charge in [-0.2, -0.15) is 9.97 Å². The van der Waals surface area contributed by atoms with Crippen molar-refractivity contribution in [1.82, 2.24) is 19.5 Å². The summed E-state index contributed by atoms with van der Waals surface area (Å²) in [6.45, 7) is 4.24. The number of fused-ring (bicyclic) bond motifs is 1. The molecule has 0 amide bonds. The topological polar surface area (TPSA) is 149 Å². The lowest BCUT2D eigenvalue weighted by Gasteiger charge is -2.17. The Morgan fingerprint density at radius 3 is 2.62 bits per heavy atom. The second-order valence-electron chi connectivity index (χ2n) is 6.44. The van der Waals surface area contributed by atoms with E-state index in [0.717, 1.165) is 12.8 Å². The van der Waals surface area contributed by atoms with Gasteiger partial charge in [-0.05, 0) is 5.92 Å². The van der Waals surface area contributed by atoms with Crippen LogP contribution in [0.4, 0.5) is 5.82 Å². The molecule has 1 aliphatic heterocycles. The molecule has 1 saturated heterocycles. The molecule has 5 N–H and O–H groups in total. The van der Waals surface area contributed by atoms with Crippen molar-refractivity contribution in [3.05, 3.63) is 6.33 Å². The highest BCUT2D eigenvalue weighted by molar-refractivity contribution is 5.82. The van der Waals surface area contributed by atoms with E-state index in [1.807, 2.05) is 0 Å². The van der Waals surface area contributed by atoms with Crippen molar-refractivity contribution in [1.29, 1.82) is 0 Å². The van der Waals surface area contributed by atoms with Gasteiger partial charge in [-0.1, -0.05) is 26.7 Å². The van der Waals surface area contributed by atoms with E-state index in [0.29, 0.717) is 23.7 Å². The van der Waals surface area contributed by atoms with Crippen LogP contribution in [0.5, 0.6) is 6.01 Å². The zero-order chi connectivity index (χ0) is 18.8. The Labute approximate surface area is 150 Å². The van der Waals surface area contributed by atoms with E-state index in [9.17, 15) is 15.3 Å². The lowest BCUT2D eigenvalue weighted by atomic mass is 10.1. The Bertz CT molecular complexity index is 750. The molecular formula is C16H25N5O5. The van der Waals surface area contributed by atoms with Gasteiger partial charge in [0.25, 0.3) is 0 Å². The van der Waals surface area contributed by atoms with Crippen molar-refractivity contribution in [2.24, 2.45) is 5.92 Å². The summed E-state index contributed by atoms with van der Waals surface area (Å²) in [6.07, 6.45) is -0.933. The molecule has 0 bridgehead atoms. The molecule has 0 aliphatic carbocycles. The van der Waals surface area contributed by atoms with Crippen molar-refractivity contribution in [3.63, 3.8) is 0 Å². The number of nitrogens with zero attached hydrogens (tertiary/aromatic N) is 4. The predicted octanol–water partition coefficient (Wildman–Crippen LogP) is -0.165. The zero-order valence-electron chi connectivity index (χ0n) is 14.8. The number of rotatable bonds is 7. The quantitative estimate of drug-likeness (QED) is 0.523. The molecule has 26 heavy (non-hydrogen) atoms. The number of ether oxygens (including phenoxy) is 2. The number of aliphatic hydroxyl groups is 3. The van der Waals surface area contributed by atoms with Crippen LogP contribution in [0.1, 0.15) is 32.9 Å². The van der Waals surface area contributed by atoms with Crippen LogP contribution < -0.4 is 10.5 Å². The Morgan fingerprint density at radius 1 is 1.27 bits per heavy atom. The van der Waals surface area contributed by atoms with Crippen LogP contribution in [-0.2, 0) is 4.74 Å². The first kappa shape index (κ1) is 18.8. The van der Waals surface area contributed by atoms with Crippen molar-refractivity contribution >= 4 is 17.0 Å². The van der Waals surface area contributed by atoms with Gasteiger partial charge in [0.1, 0.15) is 18.3 Å². The van der Waals surface area contributed by atoms with Gasteiger partial charge in [0.15, 0.2) is 23.2 Å². The standard InChI is InChI=1S/C16H25N5O5/c1-3-8(4-2)6-25-16-19-13(17)10-14(20-16)21(7-18-10)15-12(24)11(23)9(5-22)26-15/h7-9,11-12,15,22-24H,3-6H2,1-2H3,(H2,17,19,20)/t9-,11-,12-,15-/m1/s1. The third kappa shape index (κ3) is 3.32. The fraction of sp³-hybridized carbons (Fsp3) is 0.688. The Kier molecular flexibility index (Phi) is 5.56. The number of hydrogen-bond acceptors (Lipinski definition) is 9. The Morgan fingerprint density at radius 2 is 2.00 bits per heavy atom. The molecule has 2 aromatic heterocycles. The summed E-state index contributed by atoms with van der Waals surface area (Å²) in [5.74, 6) is 0.543. The largest absolute Gasteiger partial charge is 0.463 e. The van der Waals surface area contributed by atoms with Crippen molar-refractivity contribution in [2.45, 2.75) is 51.2 Å². The molecule has 1 aliphatic rings. The molecule has 0 spiro atoms. The SMILES string of the molecule is CCC(CC)COc1nc(N)c2ncn([C@@H]3O[C@H](CO)[C@@H](O)[C@H]3O)c2n1. The summed E-state index contributed by atoms with van der Waals surface area (Å²) < 4.78 is 12.7. The summed E-state index contributed by atoms with van der Waals surface area (Å²) in [6, 6.07) is 0.121. The van der Waals surface area contributed by atoms with E-state index in [-0.39, 0.29) is 11.8 Å². The van der Waals surface area contributed by atoms with Gasteiger partial charge in [0.2, 0.25) is 0 Å². The fourth-order valence-corrected chi connectivity index (χ4v) is 2.99. The minimum absolute atomic E-state index is 0.121. The smallest absolute Gasteiger partial charge is 0.320 e. The second-order valence-corrected chi connectivity index (χ2v) is 6.44. The third-order valence-electron chi connectivity index (χ3n) is 4.82. The summed E-state index contributed by atoms with van der Waals surface area (Å²) >= 11 is 0. The molecule has 0 saturated carbocycles. The molecule has 0 aromatic carbocycles. The van der Waals surface area contributed by atoms with Gasteiger partial charge < -0.3 is 30.5 Å². The Balaban J connectivity index is 1.90. The lowest BCUT2D eigenvalue weighted by molar-refractivity contribution is -0.0511. The van der Waals surface area contributed by atoms with Crippen LogP contribution in [0.25, 0.3) is 11.2 Å². The Hall–Kier alpha value is -2.01. The van der Waals surface area contributed by atoms with Gasteiger partial charge in [-0.25, -0.2) is 4.98 Å². The average Bonchev–Trinajstić information content (AvgIpc) is 3.18. The monoisotopic (exact) mass is 367 g/mol. The molecule has 10 nitrogen and oxygen atoms in total. The highest BCUT2D eigenvalue weighted by Crippen LogP contribution is 2.32. The van der Waals surface area contributed by atoms with E-state index in [4.69, 9.17) is 15.2 Å². The first-order chi connectivity index (χ1) is 12.5. The molecule has 10 heteroatoms. The zero-order valence-corrected chi connectivity index (χ0v) is 14.8. The second kappa shape index (κ2) is 7.70. The maximum atomic E-state index is 10.2. The number of hydrogen-bond donors (Lipinski definition) is 4. The normalized spacial score (nSPS) is 26.1. The summed E-state index contributed by atoms with van der Waals surface area (Å²) in [5, 5.41) is 29.4.